The molecule has 11 heteroatoms. The fourth-order valence-electron chi connectivity index (χ4n) is 2.07. The van der Waals surface area contributed by atoms with Gasteiger partial charge in [0.05, 0.1) is 10.6 Å². The summed E-state index contributed by atoms with van der Waals surface area (Å²) in [5.41, 5.74) is 0.0551. The van der Waals surface area contributed by atoms with Gasteiger partial charge in [0, 0.05) is 20.6 Å². The van der Waals surface area contributed by atoms with E-state index in [0.29, 0.717) is 6.42 Å². The van der Waals surface area contributed by atoms with Gasteiger partial charge >= 0.3 is 5.97 Å². The molecule has 1 rings (SSSR count). The molecule has 9 nitrogen and oxygen atoms in total. The number of hydrogen-bond donors (Lipinski definition) is 2. The molecule has 0 fully saturated rings. The maximum absolute atomic E-state index is 12.2. The van der Waals surface area contributed by atoms with Crippen LogP contribution in [0.25, 0.3) is 0 Å². The van der Waals surface area contributed by atoms with Gasteiger partial charge in [-0.3, -0.25) is 4.79 Å². The lowest BCUT2D eigenvalue weighted by atomic mass is 10.2. The van der Waals surface area contributed by atoms with Crippen LogP contribution in [0.5, 0.6) is 0 Å². The van der Waals surface area contributed by atoms with Crippen molar-refractivity contribution in [1.29, 1.82) is 0 Å². The molecule has 0 unspecified atom stereocenters. The topological polar surface area (TPSA) is 138 Å². The molecule has 0 aliphatic rings. The average Bonchev–Trinajstić information content (AvgIpc) is 2.44. The molecular formula is C13H21N3O6S2. The van der Waals surface area contributed by atoms with Gasteiger partial charge in [-0.2, -0.15) is 0 Å². The normalized spacial score (nSPS) is 12.4. The molecule has 0 aromatic heterocycles. The quantitative estimate of drug-likeness (QED) is 0.642. The lowest BCUT2D eigenvalue weighted by Crippen LogP contribution is -2.32. The number of primary sulfonamides is 1. The van der Waals surface area contributed by atoms with Crippen LogP contribution in [-0.2, 0) is 24.8 Å². The molecule has 0 spiro atoms. The number of carboxylic acids is 1. The summed E-state index contributed by atoms with van der Waals surface area (Å²) in [5.74, 6) is -1.14. The summed E-state index contributed by atoms with van der Waals surface area (Å²) >= 11 is 0. The first-order valence-corrected chi connectivity index (χ1v) is 9.96. The van der Waals surface area contributed by atoms with Crippen LogP contribution in [0.4, 0.5) is 5.69 Å². The van der Waals surface area contributed by atoms with Crippen LogP contribution in [0.15, 0.2) is 28.0 Å². The molecule has 0 saturated heterocycles. The summed E-state index contributed by atoms with van der Waals surface area (Å²) in [7, 11) is -5.49. The zero-order valence-corrected chi connectivity index (χ0v) is 15.3. The first-order chi connectivity index (χ1) is 10.9. The van der Waals surface area contributed by atoms with Crippen molar-refractivity contribution in [3.63, 3.8) is 0 Å². The Morgan fingerprint density at radius 1 is 1.21 bits per heavy atom. The molecule has 0 atom stereocenters. The van der Waals surface area contributed by atoms with E-state index in [1.54, 1.807) is 6.92 Å². The Balaban J connectivity index is 3.60. The average molecular weight is 379 g/mol. The predicted molar refractivity (Wildman–Crippen MR) is 88.8 cm³/mol. The van der Waals surface area contributed by atoms with Crippen molar-refractivity contribution in [2.24, 2.45) is 5.14 Å². The molecule has 0 bridgehead atoms. The summed E-state index contributed by atoms with van der Waals surface area (Å²) in [5, 5.41) is 14.2. The number of nitrogens with two attached hydrogens (primary N) is 1. The number of hydrogen-bond acceptors (Lipinski definition) is 6. The largest absolute Gasteiger partial charge is 0.480 e. The minimum atomic E-state index is -4.26. The summed E-state index contributed by atoms with van der Waals surface area (Å²) in [4.78, 5) is 11.7. The Morgan fingerprint density at radius 2 is 1.79 bits per heavy atom. The molecule has 24 heavy (non-hydrogen) atoms. The highest BCUT2D eigenvalue weighted by atomic mass is 32.2. The van der Waals surface area contributed by atoms with Crippen molar-refractivity contribution in [2.45, 2.75) is 23.1 Å². The Morgan fingerprint density at radius 3 is 2.21 bits per heavy atom. The van der Waals surface area contributed by atoms with Gasteiger partial charge in [-0.05, 0) is 24.6 Å². The fraction of sp³-hybridized carbons (Fsp3) is 0.462. The zero-order valence-electron chi connectivity index (χ0n) is 13.6. The summed E-state index contributed by atoms with van der Waals surface area (Å²) < 4.78 is 49.1. The first kappa shape index (κ1) is 20.4. The van der Waals surface area contributed by atoms with Crippen LogP contribution in [0.2, 0.25) is 0 Å². The van der Waals surface area contributed by atoms with Gasteiger partial charge < -0.3 is 10.0 Å². The van der Waals surface area contributed by atoms with Crippen LogP contribution in [0.1, 0.15) is 13.3 Å². The molecule has 0 radical (unpaired) electrons. The summed E-state index contributed by atoms with van der Waals surface area (Å²) in [6.45, 7) is 1.64. The maximum Gasteiger partial charge on any atom is 0.323 e. The van der Waals surface area contributed by atoms with Crippen molar-refractivity contribution < 1.29 is 26.7 Å². The number of aliphatic carboxylic acids is 1. The van der Waals surface area contributed by atoms with Crippen molar-refractivity contribution in [3.05, 3.63) is 18.2 Å². The molecule has 0 amide bonds. The maximum atomic E-state index is 12.2. The van der Waals surface area contributed by atoms with Crippen molar-refractivity contribution >= 4 is 31.7 Å². The third-order valence-corrected chi connectivity index (χ3v) is 5.93. The number of carbonyl (C=O) groups is 1. The van der Waals surface area contributed by atoms with E-state index in [1.165, 1.54) is 31.1 Å². The molecular weight excluding hydrogens is 358 g/mol. The molecule has 1 aromatic carbocycles. The van der Waals surface area contributed by atoms with E-state index in [0.717, 1.165) is 10.4 Å². The Bertz CT molecular complexity index is 818. The molecule has 0 aliphatic heterocycles. The van der Waals surface area contributed by atoms with Gasteiger partial charge in [0.25, 0.3) is 0 Å². The Labute approximate surface area is 141 Å². The van der Waals surface area contributed by atoms with E-state index in [-0.39, 0.29) is 17.1 Å². The fourth-order valence-corrected chi connectivity index (χ4v) is 3.86. The monoisotopic (exact) mass is 379 g/mol. The zero-order chi connectivity index (χ0) is 18.7. The highest BCUT2D eigenvalue weighted by Gasteiger charge is 2.25. The van der Waals surface area contributed by atoms with Crippen LogP contribution >= 0.6 is 0 Å². The number of carboxylic acid groups (broad SMARTS) is 1. The number of nitrogens with zero attached hydrogens (tertiary/aromatic N) is 2. The minimum absolute atomic E-state index is 0.0551. The van der Waals surface area contributed by atoms with Gasteiger partial charge in [0.2, 0.25) is 20.0 Å². The van der Waals surface area contributed by atoms with E-state index in [9.17, 15) is 21.6 Å². The van der Waals surface area contributed by atoms with E-state index in [2.05, 4.69) is 0 Å². The summed E-state index contributed by atoms with van der Waals surface area (Å²) in [6, 6.07) is 3.43. The second-order valence-corrected chi connectivity index (χ2v) is 8.96. The lowest BCUT2D eigenvalue weighted by Gasteiger charge is -2.25. The first-order valence-electron chi connectivity index (χ1n) is 6.97. The van der Waals surface area contributed by atoms with Gasteiger partial charge in [0.1, 0.15) is 11.4 Å². The number of anilines is 1. The number of rotatable bonds is 8. The smallest absolute Gasteiger partial charge is 0.323 e. The number of sulfonamides is 2. The third kappa shape index (κ3) is 4.66. The van der Waals surface area contributed by atoms with Crippen molar-refractivity contribution in [1.82, 2.24) is 4.31 Å². The van der Waals surface area contributed by atoms with Crippen molar-refractivity contribution in [3.8, 4) is 0 Å². The van der Waals surface area contributed by atoms with E-state index < -0.39 is 37.5 Å². The Hall–Kier alpha value is -1.69. The van der Waals surface area contributed by atoms with Gasteiger partial charge in [0.15, 0.2) is 0 Å². The standard InChI is InChI=1S/C13H21N3O6S2/c1-4-7-16(9-13(17)18)11-6-5-10(24(21,22)15(2)3)8-12(11)23(14,19)20/h5-6,8H,4,7,9H2,1-3H3,(H,17,18)(H2,14,19,20). The van der Waals surface area contributed by atoms with Crippen molar-refractivity contribution in [2.75, 3.05) is 32.1 Å². The highest BCUT2D eigenvalue weighted by Crippen LogP contribution is 2.28. The molecule has 3 N–H and O–H groups in total. The molecule has 1 aromatic rings. The molecule has 0 aliphatic carbocycles. The summed E-state index contributed by atoms with van der Waals surface area (Å²) in [6.07, 6.45) is 0.565. The minimum Gasteiger partial charge on any atom is -0.480 e. The number of benzene rings is 1. The van der Waals surface area contributed by atoms with Gasteiger partial charge in [-0.25, -0.2) is 26.3 Å². The molecule has 0 heterocycles. The van der Waals surface area contributed by atoms with Crippen LogP contribution in [-0.4, -0.2) is 59.4 Å². The predicted octanol–water partition coefficient (Wildman–Crippen LogP) is -0.115. The van der Waals surface area contributed by atoms with E-state index in [4.69, 9.17) is 10.2 Å². The van der Waals surface area contributed by atoms with Gasteiger partial charge in [-0.15, -0.1) is 0 Å². The SMILES string of the molecule is CCCN(CC(=O)O)c1ccc(S(=O)(=O)N(C)C)cc1S(N)(=O)=O. The lowest BCUT2D eigenvalue weighted by molar-refractivity contribution is -0.135. The van der Waals surface area contributed by atoms with Crippen LogP contribution in [0, 0.1) is 0 Å². The highest BCUT2D eigenvalue weighted by molar-refractivity contribution is 7.90. The Kier molecular flexibility index (Phi) is 6.33. The second kappa shape index (κ2) is 7.47. The molecule has 136 valence electrons. The third-order valence-electron chi connectivity index (χ3n) is 3.18. The van der Waals surface area contributed by atoms with Gasteiger partial charge in [-0.1, -0.05) is 6.92 Å². The molecule has 0 saturated carbocycles. The van der Waals surface area contributed by atoms with Crippen LogP contribution < -0.4 is 10.0 Å². The van der Waals surface area contributed by atoms with Crippen LogP contribution in [0.3, 0.4) is 0 Å². The van der Waals surface area contributed by atoms with E-state index >= 15 is 0 Å². The van der Waals surface area contributed by atoms with E-state index in [1.807, 2.05) is 0 Å². The second-order valence-electron chi connectivity index (χ2n) is 5.28.